The molecule has 0 fully saturated rings. The van der Waals surface area contributed by atoms with Gasteiger partial charge < -0.3 is 19.3 Å². The lowest BCUT2D eigenvalue weighted by Crippen LogP contribution is -2.39. The van der Waals surface area contributed by atoms with Gasteiger partial charge in [-0.15, -0.1) is 0 Å². The quantitative estimate of drug-likeness (QED) is 0.589. The number of fused-ring (bicyclic) bond motifs is 2. The molecule has 1 aromatic carbocycles. The number of furan rings is 1. The number of amides is 1. The summed E-state index contributed by atoms with van der Waals surface area (Å²) in [5.41, 5.74) is 2.71. The van der Waals surface area contributed by atoms with Crippen molar-refractivity contribution in [3.8, 4) is 0 Å². The van der Waals surface area contributed by atoms with Crippen LogP contribution in [-0.4, -0.2) is 35.7 Å². The van der Waals surface area contributed by atoms with Gasteiger partial charge in [-0.1, -0.05) is 0 Å². The monoisotopic (exact) mass is 403 g/mol. The van der Waals surface area contributed by atoms with E-state index in [1.807, 2.05) is 33.1 Å². The van der Waals surface area contributed by atoms with Crippen LogP contribution in [0.4, 0.5) is 0 Å². The van der Waals surface area contributed by atoms with Gasteiger partial charge in [0.25, 0.3) is 0 Å². The molecule has 6 nitrogen and oxygen atoms in total. The molecule has 0 saturated heterocycles. The molecular weight excluding hydrogens is 378 g/mol. The number of thioether (sulfide) groups is 1. The Balaban J connectivity index is 1.95. The van der Waals surface area contributed by atoms with E-state index in [-0.39, 0.29) is 25.0 Å². The van der Waals surface area contributed by atoms with Crippen molar-refractivity contribution in [1.82, 2.24) is 5.32 Å². The number of nitrogens with one attached hydrogen (secondary N) is 1. The van der Waals surface area contributed by atoms with Crippen molar-refractivity contribution in [3.63, 3.8) is 0 Å². The highest BCUT2D eigenvalue weighted by Gasteiger charge is 2.19. The van der Waals surface area contributed by atoms with Crippen molar-refractivity contribution < 1.29 is 18.7 Å². The Morgan fingerprint density at radius 1 is 1.14 bits per heavy atom. The molecule has 7 heteroatoms. The molecule has 0 bridgehead atoms. The second-order valence-electron chi connectivity index (χ2n) is 7.03. The first-order valence-electron chi connectivity index (χ1n) is 9.20. The zero-order valence-electron chi connectivity index (χ0n) is 16.5. The van der Waals surface area contributed by atoms with Crippen LogP contribution in [0.2, 0.25) is 0 Å². The molecule has 1 amide bonds. The van der Waals surface area contributed by atoms with E-state index in [0.29, 0.717) is 23.2 Å². The summed E-state index contributed by atoms with van der Waals surface area (Å²) in [6, 6.07) is 3.36. The molecule has 0 aliphatic rings. The summed E-state index contributed by atoms with van der Waals surface area (Å²) in [5.74, 6) is 1.36. The average Bonchev–Trinajstić information content (AvgIpc) is 2.94. The first-order chi connectivity index (χ1) is 13.3. The van der Waals surface area contributed by atoms with E-state index < -0.39 is 5.63 Å². The molecule has 0 saturated carbocycles. The summed E-state index contributed by atoms with van der Waals surface area (Å²) in [5, 5.41) is 14.0. The Morgan fingerprint density at radius 2 is 1.82 bits per heavy atom. The van der Waals surface area contributed by atoms with E-state index in [9.17, 15) is 14.7 Å². The van der Waals surface area contributed by atoms with E-state index in [1.165, 1.54) is 0 Å². The summed E-state index contributed by atoms with van der Waals surface area (Å²) in [7, 11) is 0. The molecule has 2 aromatic heterocycles. The number of aliphatic hydroxyl groups is 1. The number of carbonyl (C=O) groups excluding carboxylic acids is 1. The van der Waals surface area contributed by atoms with Crippen LogP contribution in [0.25, 0.3) is 21.9 Å². The number of benzene rings is 1. The molecule has 2 heterocycles. The van der Waals surface area contributed by atoms with Crippen LogP contribution < -0.4 is 10.9 Å². The summed E-state index contributed by atoms with van der Waals surface area (Å²) >= 11 is 1.65. The molecular formula is C21H25NO5S. The molecule has 150 valence electrons. The third kappa shape index (κ3) is 3.95. The van der Waals surface area contributed by atoms with Gasteiger partial charge in [-0.25, -0.2) is 4.79 Å². The molecule has 0 aliphatic heterocycles. The van der Waals surface area contributed by atoms with Crippen LogP contribution in [0.1, 0.15) is 28.9 Å². The van der Waals surface area contributed by atoms with Crippen molar-refractivity contribution in [1.29, 1.82) is 0 Å². The fourth-order valence-electron chi connectivity index (χ4n) is 3.34. The molecule has 3 rings (SSSR count). The number of carbonyl (C=O) groups is 1. The number of rotatable bonds is 7. The Kier molecular flexibility index (Phi) is 6.15. The standard InChI is InChI=1S/C21H25NO5S/c1-11-13(3)26-18-9-19-16(7-15(11)18)12(2)17(21(25)27-19)8-20(24)22-14(10-23)5-6-28-4/h7,9,14,23H,5-6,8,10H2,1-4H3,(H,22,24)/t14-/m0/s1. The predicted octanol–water partition coefficient (Wildman–Crippen LogP) is 3.24. The Morgan fingerprint density at radius 3 is 2.50 bits per heavy atom. The zero-order chi connectivity index (χ0) is 20.4. The highest BCUT2D eigenvalue weighted by molar-refractivity contribution is 7.98. The van der Waals surface area contributed by atoms with Gasteiger partial charge in [-0.3, -0.25) is 4.79 Å². The van der Waals surface area contributed by atoms with Crippen molar-refractivity contribution in [3.05, 3.63) is 45.0 Å². The van der Waals surface area contributed by atoms with E-state index >= 15 is 0 Å². The van der Waals surface area contributed by atoms with Crippen LogP contribution in [0.3, 0.4) is 0 Å². The molecule has 0 unspecified atom stereocenters. The smallest absolute Gasteiger partial charge is 0.340 e. The van der Waals surface area contributed by atoms with Crippen molar-refractivity contribution in [2.24, 2.45) is 0 Å². The summed E-state index contributed by atoms with van der Waals surface area (Å²) in [6.45, 7) is 5.58. The van der Waals surface area contributed by atoms with Crippen LogP contribution in [0.15, 0.2) is 25.8 Å². The van der Waals surface area contributed by atoms with Crippen LogP contribution in [0, 0.1) is 20.8 Å². The Bertz CT molecular complexity index is 1080. The molecule has 2 N–H and O–H groups in total. The van der Waals surface area contributed by atoms with Crippen molar-refractivity contribution in [2.75, 3.05) is 18.6 Å². The van der Waals surface area contributed by atoms with Gasteiger partial charge in [0.2, 0.25) is 5.91 Å². The molecule has 28 heavy (non-hydrogen) atoms. The minimum atomic E-state index is -0.524. The Labute approximate surface area is 167 Å². The maximum atomic E-state index is 12.5. The zero-order valence-corrected chi connectivity index (χ0v) is 17.4. The molecule has 3 aromatic rings. The highest BCUT2D eigenvalue weighted by Crippen LogP contribution is 2.30. The van der Waals surface area contributed by atoms with Crippen molar-refractivity contribution >= 4 is 39.6 Å². The van der Waals surface area contributed by atoms with Gasteiger partial charge in [0.05, 0.1) is 24.6 Å². The third-order valence-electron chi connectivity index (χ3n) is 5.18. The maximum absolute atomic E-state index is 12.5. The normalized spacial score (nSPS) is 12.6. The second-order valence-corrected chi connectivity index (χ2v) is 8.01. The number of aliphatic hydroxyl groups excluding tert-OH is 1. The van der Waals surface area contributed by atoms with Gasteiger partial charge in [0, 0.05) is 16.8 Å². The van der Waals surface area contributed by atoms with Crippen LogP contribution >= 0.6 is 11.8 Å². The maximum Gasteiger partial charge on any atom is 0.340 e. The lowest BCUT2D eigenvalue weighted by atomic mass is 10.0. The number of hydrogen-bond acceptors (Lipinski definition) is 6. The first-order valence-corrected chi connectivity index (χ1v) is 10.6. The minimum Gasteiger partial charge on any atom is -0.461 e. The fourth-order valence-corrected chi connectivity index (χ4v) is 3.86. The largest absolute Gasteiger partial charge is 0.461 e. The number of hydrogen-bond donors (Lipinski definition) is 2. The first kappa shape index (κ1) is 20.5. The van der Waals surface area contributed by atoms with Gasteiger partial charge in [0.15, 0.2) is 0 Å². The van der Waals surface area contributed by atoms with Gasteiger partial charge >= 0.3 is 5.63 Å². The fraction of sp³-hybridized carbons (Fsp3) is 0.429. The van der Waals surface area contributed by atoms with Crippen LogP contribution in [-0.2, 0) is 11.2 Å². The predicted molar refractivity (Wildman–Crippen MR) is 112 cm³/mol. The molecule has 0 aliphatic carbocycles. The second kappa shape index (κ2) is 8.41. The van der Waals surface area contributed by atoms with E-state index in [2.05, 4.69) is 5.32 Å². The third-order valence-corrected chi connectivity index (χ3v) is 5.82. The molecule has 1 atom stereocenters. The number of aryl methyl sites for hydroxylation is 3. The molecule has 0 radical (unpaired) electrons. The highest BCUT2D eigenvalue weighted by atomic mass is 32.2. The molecule has 0 spiro atoms. The van der Waals surface area contributed by atoms with Crippen molar-refractivity contribution in [2.45, 2.75) is 39.7 Å². The summed E-state index contributed by atoms with van der Waals surface area (Å²) in [4.78, 5) is 24.9. The van der Waals surface area contributed by atoms with Gasteiger partial charge in [-0.05, 0) is 56.4 Å². The SMILES string of the molecule is CSCC[C@@H](CO)NC(=O)Cc1c(C)c2cc3c(C)c(C)oc3cc2oc1=O. The van der Waals surface area contributed by atoms with Gasteiger partial charge in [-0.2, -0.15) is 11.8 Å². The average molecular weight is 404 g/mol. The van der Waals surface area contributed by atoms with E-state index in [0.717, 1.165) is 33.4 Å². The van der Waals surface area contributed by atoms with E-state index in [4.69, 9.17) is 8.83 Å². The minimum absolute atomic E-state index is 0.0820. The lowest BCUT2D eigenvalue weighted by Gasteiger charge is -2.16. The lowest BCUT2D eigenvalue weighted by molar-refractivity contribution is -0.121. The summed E-state index contributed by atoms with van der Waals surface area (Å²) in [6.07, 6.45) is 2.56. The topological polar surface area (TPSA) is 92.7 Å². The summed E-state index contributed by atoms with van der Waals surface area (Å²) < 4.78 is 11.2. The van der Waals surface area contributed by atoms with Crippen LogP contribution in [0.5, 0.6) is 0 Å². The Hall–Kier alpha value is -2.25. The van der Waals surface area contributed by atoms with Gasteiger partial charge in [0.1, 0.15) is 16.9 Å². The van der Waals surface area contributed by atoms with E-state index in [1.54, 1.807) is 17.8 Å².